The van der Waals surface area contributed by atoms with Crippen molar-refractivity contribution in [3.63, 3.8) is 0 Å². The van der Waals surface area contributed by atoms with Gasteiger partial charge in [-0.25, -0.2) is 4.79 Å². The zero-order chi connectivity index (χ0) is 14.8. The second-order valence-corrected chi connectivity index (χ2v) is 6.85. The summed E-state index contributed by atoms with van der Waals surface area (Å²) in [5.74, 6) is 0.102. The molecule has 2 N–H and O–H groups in total. The van der Waals surface area contributed by atoms with Crippen LogP contribution in [-0.2, 0) is 4.74 Å². The minimum absolute atomic E-state index is 0.111. The van der Waals surface area contributed by atoms with E-state index >= 15 is 0 Å². The largest absolute Gasteiger partial charge is 0.507 e. The smallest absolute Gasteiger partial charge is 0.338 e. The predicted octanol–water partition coefficient (Wildman–Crippen LogP) is 2.93. The van der Waals surface area contributed by atoms with Crippen LogP contribution in [0.5, 0.6) is 5.75 Å². The van der Waals surface area contributed by atoms with Crippen LogP contribution in [0, 0.1) is 9.49 Å². The summed E-state index contributed by atoms with van der Waals surface area (Å²) in [6, 6.07) is 4.86. The molecule has 1 aliphatic rings. The number of nitrogens with one attached hydrogen (secondary N) is 1. The van der Waals surface area contributed by atoms with Gasteiger partial charge in [-0.2, -0.15) is 0 Å². The molecule has 0 unspecified atom stereocenters. The summed E-state index contributed by atoms with van der Waals surface area (Å²) in [5.41, 5.74) is -0.0948. The molecule has 4 nitrogen and oxygen atoms in total. The highest BCUT2D eigenvalue weighted by Crippen LogP contribution is 2.30. The SMILES string of the molecule is CC(C)(OC(=O)c1ccc(I)c(O)c1)C1CCNCC1. The third-order valence-corrected chi connectivity index (χ3v) is 4.77. The molecule has 0 atom stereocenters. The van der Waals surface area contributed by atoms with E-state index in [2.05, 4.69) is 5.32 Å². The number of hydrogen-bond acceptors (Lipinski definition) is 4. The molecule has 1 aromatic rings. The molecule has 0 spiro atoms. The van der Waals surface area contributed by atoms with Crippen LogP contribution >= 0.6 is 22.6 Å². The molecular formula is C15H20INO3. The molecule has 1 fully saturated rings. The number of carbonyl (C=O) groups excluding carboxylic acids is 1. The second kappa shape index (κ2) is 6.30. The fraction of sp³-hybridized carbons (Fsp3) is 0.533. The van der Waals surface area contributed by atoms with Crippen molar-refractivity contribution in [2.75, 3.05) is 13.1 Å². The lowest BCUT2D eigenvalue weighted by Gasteiger charge is -2.36. The second-order valence-electron chi connectivity index (χ2n) is 5.68. The molecule has 1 saturated heterocycles. The van der Waals surface area contributed by atoms with Crippen LogP contribution in [0.2, 0.25) is 0 Å². The van der Waals surface area contributed by atoms with Gasteiger partial charge in [-0.3, -0.25) is 0 Å². The van der Waals surface area contributed by atoms with Gasteiger partial charge in [0.05, 0.1) is 9.13 Å². The molecule has 1 heterocycles. The summed E-state index contributed by atoms with van der Waals surface area (Å²) >= 11 is 2.02. The lowest BCUT2D eigenvalue weighted by atomic mass is 9.83. The number of piperidine rings is 1. The Kier molecular flexibility index (Phi) is 4.90. The number of ether oxygens (including phenoxy) is 1. The van der Waals surface area contributed by atoms with Gasteiger partial charge in [0.15, 0.2) is 0 Å². The Labute approximate surface area is 133 Å². The Morgan fingerprint density at radius 2 is 2.05 bits per heavy atom. The molecule has 1 aliphatic heterocycles. The molecule has 0 aliphatic carbocycles. The van der Waals surface area contributed by atoms with E-state index in [0.29, 0.717) is 11.5 Å². The van der Waals surface area contributed by atoms with Crippen LogP contribution < -0.4 is 5.32 Å². The normalized spacial score (nSPS) is 16.9. The Morgan fingerprint density at radius 1 is 1.40 bits per heavy atom. The molecule has 2 rings (SSSR count). The molecule has 0 aromatic heterocycles. The van der Waals surface area contributed by atoms with Gasteiger partial charge >= 0.3 is 5.97 Å². The molecule has 0 radical (unpaired) electrons. The van der Waals surface area contributed by atoms with E-state index in [-0.39, 0.29) is 11.7 Å². The van der Waals surface area contributed by atoms with Crippen molar-refractivity contribution < 1.29 is 14.6 Å². The summed E-state index contributed by atoms with van der Waals surface area (Å²) < 4.78 is 6.40. The fourth-order valence-corrected chi connectivity index (χ4v) is 2.87. The Bertz CT molecular complexity index is 496. The molecule has 5 heteroatoms. The Hall–Kier alpha value is -0.820. The average molecular weight is 389 g/mol. The van der Waals surface area contributed by atoms with Crippen LogP contribution in [0.25, 0.3) is 0 Å². The number of esters is 1. The minimum atomic E-state index is -0.488. The fourth-order valence-electron chi connectivity index (χ4n) is 2.54. The van der Waals surface area contributed by atoms with Gasteiger partial charge in [0.2, 0.25) is 0 Å². The summed E-state index contributed by atoms with van der Waals surface area (Å²) in [4.78, 5) is 12.2. The third-order valence-electron chi connectivity index (χ3n) is 3.86. The first-order valence-electron chi connectivity index (χ1n) is 6.83. The summed E-state index contributed by atoms with van der Waals surface area (Å²) in [6.45, 7) is 5.87. The van der Waals surface area contributed by atoms with Gasteiger partial charge in [-0.15, -0.1) is 0 Å². The Balaban J connectivity index is 2.07. The zero-order valence-corrected chi connectivity index (χ0v) is 13.9. The topological polar surface area (TPSA) is 58.6 Å². The highest BCUT2D eigenvalue weighted by atomic mass is 127. The van der Waals surface area contributed by atoms with Crippen LogP contribution in [0.4, 0.5) is 0 Å². The number of hydrogen-bond donors (Lipinski definition) is 2. The number of benzene rings is 1. The van der Waals surface area contributed by atoms with E-state index in [1.165, 1.54) is 6.07 Å². The molecule has 20 heavy (non-hydrogen) atoms. The van der Waals surface area contributed by atoms with Crippen molar-refractivity contribution in [1.82, 2.24) is 5.32 Å². The van der Waals surface area contributed by atoms with Gasteiger partial charge in [0, 0.05) is 5.92 Å². The van der Waals surface area contributed by atoms with Crippen molar-refractivity contribution >= 4 is 28.6 Å². The number of phenols is 1. The van der Waals surface area contributed by atoms with Crippen molar-refractivity contribution in [1.29, 1.82) is 0 Å². The lowest BCUT2D eigenvalue weighted by Crippen LogP contribution is -2.42. The van der Waals surface area contributed by atoms with E-state index < -0.39 is 5.60 Å². The van der Waals surface area contributed by atoms with Crippen LogP contribution in [0.15, 0.2) is 18.2 Å². The monoisotopic (exact) mass is 389 g/mol. The Morgan fingerprint density at radius 3 is 2.65 bits per heavy atom. The van der Waals surface area contributed by atoms with Crippen molar-refractivity contribution in [3.8, 4) is 5.75 Å². The molecule has 1 aromatic carbocycles. The van der Waals surface area contributed by atoms with Crippen LogP contribution in [0.1, 0.15) is 37.0 Å². The van der Waals surface area contributed by atoms with Crippen molar-refractivity contribution in [3.05, 3.63) is 27.3 Å². The van der Waals surface area contributed by atoms with Gasteiger partial charge in [0.25, 0.3) is 0 Å². The maximum absolute atomic E-state index is 12.2. The van der Waals surface area contributed by atoms with E-state index in [4.69, 9.17) is 4.74 Å². The zero-order valence-electron chi connectivity index (χ0n) is 11.8. The molecule has 110 valence electrons. The molecule has 0 saturated carbocycles. The standard InChI is InChI=1S/C15H20INO3/c1-15(2,11-5-7-17-8-6-11)20-14(19)10-3-4-12(16)13(18)9-10/h3-4,9,11,17-18H,5-8H2,1-2H3. The van der Waals surface area contributed by atoms with Crippen molar-refractivity contribution in [2.24, 2.45) is 5.92 Å². The highest BCUT2D eigenvalue weighted by molar-refractivity contribution is 14.1. The molecular weight excluding hydrogens is 369 g/mol. The van der Waals surface area contributed by atoms with Gasteiger partial charge in [0.1, 0.15) is 11.4 Å². The lowest BCUT2D eigenvalue weighted by molar-refractivity contribution is -0.0368. The maximum atomic E-state index is 12.2. The van der Waals surface area contributed by atoms with Crippen LogP contribution in [-0.4, -0.2) is 29.8 Å². The maximum Gasteiger partial charge on any atom is 0.338 e. The third kappa shape index (κ3) is 3.63. The minimum Gasteiger partial charge on any atom is -0.507 e. The number of carbonyl (C=O) groups is 1. The quantitative estimate of drug-likeness (QED) is 0.617. The first kappa shape index (κ1) is 15.6. The first-order chi connectivity index (χ1) is 9.40. The summed E-state index contributed by atoms with van der Waals surface area (Å²) in [6.07, 6.45) is 2.02. The number of phenolic OH excluding ortho intramolecular Hbond substituents is 1. The predicted molar refractivity (Wildman–Crippen MR) is 85.9 cm³/mol. The van der Waals surface area contributed by atoms with E-state index in [9.17, 15) is 9.90 Å². The average Bonchev–Trinajstić information content (AvgIpc) is 2.42. The summed E-state index contributed by atoms with van der Waals surface area (Å²) in [7, 11) is 0. The first-order valence-corrected chi connectivity index (χ1v) is 7.90. The number of aromatic hydroxyl groups is 1. The van der Waals surface area contributed by atoms with Gasteiger partial charge in [-0.05, 0) is 80.6 Å². The molecule has 0 amide bonds. The number of rotatable bonds is 3. The number of halogens is 1. The van der Waals surface area contributed by atoms with Crippen molar-refractivity contribution in [2.45, 2.75) is 32.3 Å². The van der Waals surface area contributed by atoms with E-state index in [0.717, 1.165) is 29.5 Å². The van der Waals surface area contributed by atoms with E-state index in [1.54, 1.807) is 12.1 Å². The molecule has 0 bridgehead atoms. The highest BCUT2D eigenvalue weighted by Gasteiger charge is 2.34. The van der Waals surface area contributed by atoms with Gasteiger partial charge < -0.3 is 15.2 Å². The summed E-state index contributed by atoms with van der Waals surface area (Å²) in [5, 5.41) is 13.0. The van der Waals surface area contributed by atoms with Crippen LogP contribution in [0.3, 0.4) is 0 Å². The van der Waals surface area contributed by atoms with Gasteiger partial charge in [-0.1, -0.05) is 0 Å². The van der Waals surface area contributed by atoms with E-state index in [1.807, 2.05) is 36.4 Å².